The van der Waals surface area contributed by atoms with Gasteiger partial charge in [0.2, 0.25) is 0 Å². The van der Waals surface area contributed by atoms with Gasteiger partial charge in [-0.2, -0.15) is 0 Å². The van der Waals surface area contributed by atoms with Crippen molar-refractivity contribution in [2.75, 3.05) is 45.8 Å². The van der Waals surface area contributed by atoms with Gasteiger partial charge in [-0.3, -0.25) is 9.80 Å². The number of nitrogens with zero attached hydrogens (tertiary/aromatic N) is 1. The summed E-state index contributed by atoms with van der Waals surface area (Å²) in [4.78, 5) is 0. The van der Waals surface area contributed by atoms with E-state index in [1.165, 1.54) is 37.0 Å². The Morgan fingerprint density at radius 2 is 1.56 bits per heavy atom. The van der Waals surface area contributed by atoms with Gasteiger partial charge in [0.15, 0.2) is 0 Å². The molecule has 0 amide bonds. The molecule has 0 spiro atoms. The van der Waals surface area contributed by atoms with Crippen LogP contribution in [0.2, 0.25) is 0 Å². The molecule has 0 aromatic carbocycles. The van der Waals surface area contributed by atoms with Crippen LogP contribution >= 0.6 is 0 Å². The van der Waals surface area contributed by atoms with Gasteiger partial charge in [-0.1, -0.05) is 0 Å². The number of hydrogen-bond acceptors (Lipinski definition) is 4. The first-order valence-corrected chi connectivity index (χ1v) is 7.48. The SMILES string of the molecule is NCCCC[N+]1(C(CCCN)NCCCN)CC1. The Morgan fingerprint density at radius 3 is 2.11 bits per heavy atom. The molecule has 1 atom stereocenters. The van der Waals surface area contributed by atoms with Crippen molar-refractivity contribution in [3.8, 4) is 0 Å². The maximum Gasteiger partial charge on any atom is 0.143 e. The van der Waals surface area contributed by atoms with E-state index in [-0.39, 0.29) is 0 Å². The van der Waals surface area contributed by atoms with Crippen LogP contribution in [0, 0.1) is 0 Å². The van der Waals surface area contributed by atoms with Crippen molar-refractivity contribution >= 4 is 0 Å². The maximum absolute atomic E-state index is 5.65. The molecule has 5 heteroatoms. The van der Waals surface area contributed by atoms with Crippen LogP contribution in [-0.2, 0) is 0 Å². The summed E-state index contributed by atoms with van der Waals surface area (Å²) in [5.74, 6) is 0. The molecular weight excluding hydrogens is 226 g/mol. The molecule has 1 fully saturated rings. The lowest BCUT2D eigenvalue weighted by molar-refractivity contribution is -0.832. The van der Waals surface area contributed by atoms with Gasteiger partial charge in [0.05, 0.1) is 6.54 Å². The molecule has 0 radical (unpaired) electrons. The Bertz CT molecular complexity index is 206. The van der Waals surface area contributed by atoms with Gasteiger partial charge < -0.3 is 17.2 Å². The van der Waals surface area contributed by atoms with E-state index in [0.717, 1.165) is 45.4 Å². The highest BCUT2D eigenvalue weighted by atomic mass is 15.5. The lowest BCUT2D eigenvalue weighted by Crippen LogP contribution is -2.49. The monoisotopic (exact) mass is 258 g/mol. The number of quaternary nitrogens is 1. The number of nitrogens with two attached hydrogens (primary N) is 3. The van der Waals surface area contributed by atoms with Crippen LogP contribution in [0.4, 0.5) is 0 Å². The molecule has 5 nitrogen and oxygen atoms in total. The minimum atomic E-state index is 0.581. The van der Waals surface area contributed by atoms with Gasteiger partial charge in [-0.15, -0.1) is 0 Å². The summed E-state index contributed by atoms with van der Waals surface area (Å²) in [6.07, 6.45) is 6.32. The minimum absolute atomic E-state index is 0.581. The van der Waals surface area contributed by atoms with Crippen LogP contribution in [0.5, 0.6) is 0 Å². The summed E-state index contributed by atoms with van der Waals surface area (Å²) in [6.45, 7) is 7.30. The molecule has 7 N–H and O–H groups in total. The quantitative estimate of drug-likeness (QED) is 0.217. The van der Waals surface area contributed by atoms with Gasteiger partial charge in [-0.05, 0) is 45.3 Å². The van der Waals surface area contributed by atoms with Crippen molar-refractivity contribution in [1.29, 1.82) is 0 Å². The largest absolute Gasteiger partial charge is 0.330 e. The Morgan fingerprint density at radius 1 is 0.889 bits per heavy atom. The van der Waals surface area contributed by atoms with Gasteiger partial charge in [0.1, 0.15) is 19.3 Å². The highest BCUT2D eigenvalue weighted by Crippen LogP contribution is 2.28. The number of nitrogens with one attached hydrogen (secondary N) is 1. The molecule has 1 heterocycles. The zero-order valence-corrected chi connectivity index (χ0v) is 11.7. The van der Waals surface area contributed by atoms with E-state index in [2.05, 4.69) is 5.32 Å². The summed E-state index contributed by atoms with van der Waals surface area (Å²) in [5, 5.41) is 3.69. The van der Waals surface area contributed by atoms with E-state index in [1.54, 1.807) is 0 Å². The third-order valence-corrected chi connectivity index (χ3v) is 3.96. The Hall–Kier alpha value is -0.200. The van der Waals surface area contributed by atoms with Crippen LogP contribution in [0.3, 0.4) is 0 Å². The van der Waals surface area contributed by atoms with E-state index < -0.39 is 0 Å². The smallest absolute Gasteiger partial charge is 0.143 e. The molecule has 1 saturated heterocycles. The van der Waals surface area contributed by atoms with Crippen molar-refractivity contribution in [3.05, 3.63) is 0 Å². The second-order valence-corrected chi connectivity index (χ2v) is 5.43. The Balaban J connectivity index is 2.36. The highest BCUT2D eigenvalue weighted by Gasteiger charge is 2.47. The third-order valence-electron chi connectivity index (χ3n) is 3.96. The molecule has 1 rings (SSSR count). The summed E-state index contributed by atoms with van der Waals surface area (Å²) in [6, 6.07) is 0. The van der Waals surface area contributed by atoms with Crippen LogP contribution in [-0.4, -0.2) is 56.5 Å². The van der Waals surface area contributed by atoms with Gasteiger partial charge in [-0.25, -0.2) is 0 Å². The van der Waals surface area contributed by atoms with Crippen molar-refractivity contribution in [2.45, 2.75) is 38.3 Å². The first-order valence-electron chi connectivity index (χ1n) is 7.48. The summed E-state index contributed by atoms with van der Waals surface area (Å²) in [5.41, 5.74) is 16.8. The zero-order chi connectivity index (χ0) is 13.3. The zero-order valence-electron chi connectivity index (χ0n) is 11.7. The molecule has 0 aromatic heterocycles. The lowest BCUT2D eigenvalue weighted by Gasteiger charge is -2.30. The molecule has 0 saturated carbocycles. The fourth-order valence-electron chi connectivity index (χ4n) is 2.64. The average Bonchev–Trinajstić information content (AvgIpc) is 3.15. The van der Waals surface area contributed by atoms with Crippen LogP contribution < -0.4 is 22.5 Å². The van der Waals surface area contributed by atoms with Crippen molar-refractivity contribution in [1.82, 2.24) is 5.32 Å². The fraction of sp³-hybridized carbons (Fsp3) is 1.00. The standard InChI is InChI=1S/C13H32N5/c14-6-1-2-10-18(11-12-18)13(5-3-7-15)17-9-4-8-16/h13,17H,1-12,14-16H2/q+1. The van der Waals surface area contributed by atoms with Gasteiger partial charge in [0, 0.05) is 13.0 Å². The average molecular weight is 258 g/mol. The second kappa shape index (κ2) is 8.82. The molecule has 0 aliphatic carbocycles. The number of hydrogen-bond donors (Lipinski definition) is 4. The molecule has 108 valence electrons. The second-order valence-electron chi connectivity index (χ2n) is 5.43. The summed E-state index contributed by atoms with van der Waals surface area (Å²) < 4.78 is 1.24. The Kier molecular flexibility index (Phi) is 7.77. The van der Waals surface area contributed by atoms with Crippen molar-refractivity contribution in [3.63, 3.8) is 0 Å². The highest BCUT2D eigenvalue weighted by molar-refractivity contribution is 4.68. The number of unbranched alkanes of at least 4 members (excludes halogenated alkanes) is 1. The molecule has 0 bridgehead atoms. The number of rotatable bonds is 12. The molecular formula is C13H32N5+. The molecule has 1 aliphatic heterocycles. The molecule has 18 heavy (non-hydrogen) atoms. The summed E-state index contributed by atoms with van der Waals surface area (Å²) in [7, 11) is 0. The molecule has 0 aromatic rings. The fourth-order valence-corrected chi connectivity index (χ4v) is 2.64. The van der Waals surface area contributed by atoms with E-state index in [4.69, 9.17) is 17.2 Å². The van der Waals surface area contributed by atoms with E-state index in [0.29, 0.717) is 6.17 Å². The Labute approximate surface area is 112 Å². The van der Waals surface area contributed by atoms with Gasteiger partial charge in [0.25, 0.3) is 0 Å². The predicted molar refractivity (Wildman–Crippen MR) is 76.9 cm³/mol. The van der Waals surface area contributed by atoms with Crippen LogP contribution in [0.25, 0.3) is 0 Å². The van der Waals surface area contributed by atoms with E-state index >= 15 is 0 Å². The summed E-state index contributed by atoms with van der Waals surface area (Å²) >= 11 is 0. The predicted octanol–water partition coefficient (Wildman–Crippen LogP) is -0.441. The lowest BCUT2D eigenvalue weighted by atomic mass is 10.2. The third kappa shape index (κ3) is 5.20. The topological polar surface area (TPSA) is 90.1 Å². The first kappa shape index (κ1) is 15.9. The van der Waals surface area contributed by atoms with Gasteiger partial charge >= 0.3 is 0 Å². The van der Waals surface area contributed by atoms with Crippen LogP contribution in [0.15, 0.2) is 0 Å². The van der Waals surface area contributed by atoms with Crippen molar-refractivity contribution in [2.24, 2.45) is 17.2 Å². The molecule has 1 unspecified atom stereocenters. The van der Waals surface area contributed by atoms with E-state index in [1.807, 2.05) is 0 Å². The minimum Gasteiger partial charge on any atom is -0.330 e. The normalized spacial score (nSPS) is 18.8. The van der Waals surface area contributed by atoms with E-state index in [9.17, 15) is 0 Å². The van der Waals surface area contributed by atoms with Crippen molar-refractivity contribution < 1.29 is 4.48 Å². The maximum atomic E-state index is 5.65. The van der Waals surface area contributed by atoms with Crippen LogP contribution in [0.1, 0.15) is 32.1 Å². The molecule has 1 aliphatic rings. The first-order chi connectivity index (χ1) is 8.79.